The summed E-state index contributed by atoms with van der Waals surface area (Å²) in [6.45, 7) is 1.23. The van der Waals surface area contributed by atoms with Crippen molar-refractivity contribution in [1.29, 1.82) is 0 Å². The van der Waals surface area contributed by atoms with Crippen LogP contribution in [-0.4, -0.2) is 55.5 Å². The minimum absolute atomic E-state index is 0.0895. The molecular formula is C18H24N4O4S. The summed E-state index contributed by atoms with van der Waals surface area (Å²) in [7, 11) is -3.54. The lowest BCUT2D eigenvalue weighted by Gasteiger charge is -2.32. The molecule has 1 saturated heterocycles. The van der Waals surface area contributed by atoms with Gasteiger partial charge in [0, 0.05) is 43.2 Å². The number of aromatic nitrogens is 1. The first-order chi connectivity index (χ1) is 12.8. The van der Waals surface area contributed by atoms with Gasteiger partial charge in [0.25, 0.3) is 5.91 Å². The molecule has 1 atom stereocenters. The number of nitrogens with zero attached hydrogens (tertiary/aromatic N) is 1. The quantitative estimate of drug-likeness (QED) is 0.673. The van der Waals surface area contributed by atoms with Crippen LogP contribution in [0.5, 0.6) is 0 Å². The van der Waals surface area contributed by atoms with Crippen molar-refractivity contribution in [2.45, 2.75) is 19.3 Å². The fraction of sp³-hybridized carbons (Fsp3) is 0.444. The van der Waals surface area contributed by atoms with E-state index >= 15 is 0 Å². The second kappa shape index (κ2) is 8.10. The zero-order chi connectivity index (χ0) is 19.4. The number of carbonyl (C=O) groups is 2. The van der Waals surface area contributed by atoms with E-state index in [1.54, 1.807) is 11.1 Å². The van der Waals surface area contributed by atoms with Crippen LogP contribution in [0.2, 0.25) is 0 Å². The van der Waals surface area contributed by atoms with Gasteiger partial charge >= 0.3 is 0 Å². The number of piperidine rings is 1. The van der Waals surface area contributed by atoms with Gasteiger partial charge in [-0.2, -0.15) is 0 Å². The van der Waals surface area contributed by atoms with Gasteiger partial charge < -0.3 is 15.2 Å². The van der Waals surface area contributed by atoms with Crippen molar-refractivity contribution in [2.24, 2.45) is 11.1 Å². The summed E-state index contributed by atoms with van der Waals surface area (Å²) in [5.74, 6) is -0.550. The van der Waals surface area contributed by atoms with Gasteiger partial charge in [0.1, 0.15) is 0 Å². The van der Waals surface area contributed by atoms with Gasteiger partial charge in [-0.15, -0.1) is 0 Å². The summed E-state index contributed by atoms with van der Waals surface area (Å²) in [4.78, 5) is 29.4. The fourth-order valence-electron chi connectivity index (χ4n) is 3.55. The SMILES string of the molecule is NS(=O)(=O)CC1CCCN(C(=O)CCNC(=O)c2c[nH]c3ccccc23)C1. The molecule has 27 heavy (non-hydrogen) atoms. The lowest BCUT2D eigenvalue weighted by atomic mass is 10.00. The first-order valence-corrected chi connectivity index (χ1v) is 10.7. The average Bonchev–Trinajstić information content (AvgIpc) is 3.04. The number of H-pyrrole nitrogens is 1. The maximum atomic E-state index is 12.4. The Labute approximate surface area is 158 Å². The lowest BCUT2D eigenvalue weighted by Crippen LogP contribution is -2.43. The van der Waals surface area contributed by atoms with Crippen molar-refractivity contribution in [3.63, 3.8) is 0 Å². The van der Waals surface area contributed by atoms with Crippen molar-refractivity contribution < 1.29 is 18.0 Å². The standard InChI is InChI=1S/C18H24N4O4S/c19-27(25,26)12-13-4-3-9-22(11-13)17(23)7-8-20-18(24)15-10-21-16-6-2-1-5-14(15)16/h1-2,5-6,10,13,21H,3-4,7-9,11-12H2,(H,20,24)(H2,19,25,26). The first kappa shape index (κ1) is 19.4. The number of fused-ring (bicyclic) bond motifs is 1. The molecule has 9 heteroatoms. The molecule has 1 aliphatic rings. The Kier molecular flexibility index (Phi) is 5.81. The highest BCUT2D eigenvalue weighted by Crippen LogP contribution is 2.19. The summed E-state index contributed by atoms with van der Waals surface area (Å²) in [6, 6.07) is 7.51. The smallest absolute Gasteiger partial charge is 0.253 e. The molecule has 0 radical (unpaired) electrons. The predicted molar refractivity (Wildman–Crippen MR) is 103 cm³/mol. The van der Waals surface area contributed by atoms with Crippen LogP contribution in [0.3, 0.4) is 0 Å². The van der Waals surface area contributed by atoms with E-state index in [1.807, 2.05) is 24.3 Å². The van der Waals surface area contributed by atoms with Crippen LogP contribution < -0.4 is 10.5 Å². The summed E-state index contributed by atoms with van der Waals surface area (Å²) in [6.07, 6.45) is 3.34. The highest BCUT2D eigenvalue weighted by molar-refractivity contribution is 7.89. The zero-order valence-corrected chi connectivity index (χ0v) is 15.8. The number of aromatic amines is 1. The lowest BCUT2D eigenvalue weighted by molar-refractivity contribution is -0.132. The Morgan fingerprint density at radius 2 is 2.07 bits per heavy atom. The molecule has 0 spiro atoms. The normalized spacial score (nSPS) is 17.8. The van der Waals surface area contributed by atoms with E-state index in [0.29, 0.717) is 18.7 Å². The number of hydrogen-bond acceptors (Lipinski definition) is 4. The number of likely N-dealkylation sites (tertiary alicyclic amines) is 1. The molecule has 1 aliphatic heterocycles. The molecule has 146 valence electrons. The molecule has 0 saturated carbocycles. The van der Waals surface area contributed by atoms with Crippen molar-refractivity contribution in [2.75, 3.05) is 25.4 Å². The maximum absolute atomic E-state index is 12.4. The van der Waals surface area contributed by atoms with E-state index in [-0.39, 0.29) is 36.5 Å². The van der Waals surface area contributed by atoms with Gasteiger partial charge in [0.05, 0.1) is 11.3 Å². The molecule has 8 nitrogen and oxygen atoms in total. The third-order valence-corrected chi connectivity index (χ3v) is 5.73. The Morgan fingerprint density at radius 1 is 1.30 bits per heavy atom. The van der Waals surface area contributed by atoms with Crippen molar-refractivity contribution in [3.05, 3.63) is 36.0 Å². The molecule has 0 bridgehead atoms. The Morgan fingerprint density at radius 3 is 2.85 bits per heavy atom. The van der Waals surface area contributed by atoms with Gasteiger partial charge in [0.2, 0.25) is 15.9 Å². The highest BCUT2D eigenvalue weighted by Gasteiger charge is 2.26. The third-order valence-electron chi connectivity index (χ3n) is 4.80. The number of carbonyl (C=O) groups excluding carboxylic acids is 2. The fourth-order valence-corrected chi connectivity index (χ4v) is 4.48. The topological polar surface area (TPSA) is 125 Å². The number of sulfonamides is 1. The molecule has 1 aromatic heterocycles. The second-order valence-electron chi connectivity index (χ2n) is 6.93. The van der Waals surface area contributed by atoms with E-state index in [4.69, 9.17) is 5.14 Å². The van der Waals surface area contributed by atoms with Crippen molar-refractivity contribution in [1.82, 2.24) is 15.2 Å². The average molecular weight is 392 g/mol. The van der Waals surface area contributed by atoms with E-state index in [2.05, 4.69) is 10.3 Å². The van der Waals surface area contributed by atoms with Crippen LogP contribution in [0.25, 0.3) is 10.9 Å². The Bertz CT molecular complexity index is 938. The molecule has 4 N–H and O–H groups in total. The van der Waals surface area contributed by atoms with Crippen LogP contribution in [0.4, 0.5) is 0 Å². The largest absolute Gasteiger partial charge is 0.360 e. The van der Waals surface area contributed by atoms with Gasteiger partial charge in [-0.05, 0) is 24.8 Å². The monoisotopic (exact) mass is 392 g/mol. The minimum atomic E-state index is -3.54. The van der Waals surface area contributed by atoms with Crippen LogP contribution in [-0.2, 0) is 14.8 Å². The van der Waals surface area contributed by atoms with E-state index in [1.165, 1.54) is 0 Å². The van der Waals surface area contributed by atoms with Crippen LogP contribution in [0, 0.1) is 5.92 Å². The molecule has 0 aliphatic carbocycles. The summed E-state index contributed by atoms with van der Waals surface area (Å²) >= 11 is 0. The van der Waals surface area contributed by atoms with Crippen LogP contribution in [0.1, 0.15) is 29.6 Å². The predicted octanol–water partition coefficient (Wildman–Crippen LogP) is 0.815. The van der Waals surface area contributed by atoms with Crippen molar-refractivity contribution >= 4 is 32.7 Å². The summed E-state index contributed by atoms with van der Waals surface area (Å²) in [5.41, 5.74) is 1.43. The number of hydrogen-bond donors (Lipinski definition) is 3. The highest BCUT2D eigenvalue weighted by atomic mass is 32.2. The minimum Gasteiger partial charge on any atom is -0.360 e. The Balaban J connectivity index is 1.49. The van der Waals surface area contributed by atoms with Crippen LogP contribution in [0.15, 0.2) is 30.5 Å². The number of nitrogens with two attached hydrogens (primary N) is 1. The van der Waals surface area contributed by atoms with Gasteiger partial charge in [-0.3, -0.25) is 9.59 Å². The number of primary sulfonamides is 1. The molecular weight excluding hydrogens is 368 g/mol. The van der Waals surface area contributed by atoms with E-state index < -0.39 is 10.0 Å². The molecule has 1 unspecified atom stereocenters. The molecule has 2 heterocycles. The van der Waals surface area contributed by atoms with Gasteiger partial charge in [0.15, 0.2) is 0 Å². The number of benzene rings is 1. The van der Waals surface area contributed by atoms with Crippen molar-refractivity contribution in [3.8, 4) is 0 Å². The molecule has 3 rings (SSSR count). The maximum Gasteiger partial charge on any atom is 0.253 e. The van der Waals surface area contributed by atoms with Crippen LogP contribution >= 0.6 is 0 Å². The zero-order valence-electron chi connectivity index (χ0n) is 15.0. The number of rotatable bonds is 6. The van der Waals surface area contributed by atoms with Gasteiger partial charge in [-0.25, -0.2) is 13.6 Å². The van der Waals surface area contributed by atoms with Gasteiger partial charge in [-0.1, -0.05) is 18.2 Å². The number of amides is 2. The second-order valence-corrected chi connectivity index (χ2v) is 8.59. The summed E-state index contributed by atoms with van der Waals surface area (Å²) in [5, 5.41) is 8.72. The number of para-hydroxylation sites is 1. The summed E-state index contributed by atoms with van der Waals surface area (Å²) < 4.78 is 22.5. The molecule has 2 amide bonds. The van der Waals surface area contributed by atoms with E-state index in [9.17, 15) is 18.0 Å². The molecule has 2 aromatic rings. The first-order valence-electron chi connectivity index (χ1n) is 8.96. The van der Waals surface area contributed by atoms with E-state index in [0.717, 1.165) is 23.7 Å². The molecule has 1 aromatic carbocycles. The Hall–Kier alpha value is -2.39. The number of nitrogens with one attached hydrogen (secondary N) is 2. The third kappa shape index (κ3) is 5.08. The molecule has 1 fully saturated rings.